The third-order valence-electron chi connectivity index (χ3n) is 9.32. The Hall–Kier alpha value is -1.16. The second-order valence-corrected chi connectivity index (χ2v) is 11.3. The number of hydrogen-bond donors (Lipinski definition) is 0. The van der Waals surface area contributed by atoms with E-state index < -0.39 is 0 Å². The molecule has 28 heavy (non-hydrogen) atoms. The fraction of sp³-hybridized carbons (Fsp3) is 0.750. The van der Waals surface area contributed by atoms with Gasteiger partial charge in [-0.15, -0.1) is 11.3 Å². The Kier molecular flexibility index (Phi) is 4.50. The van der Waals surface area contributed by atoms with Crippen molar-refractivity contribution in [3.05, 3.63) is 22.4 Å². The van der Waals surface area contributed by atoms with E-state index in [2.05, 4.69) is 13.8 Å². The second-order valence-electron chi connectivity index (χ2n) is 10.4. The van der Waals surface area contributed by atoms with E-state index in [-0.39, 0.29) is 17.5 Å². The van der Waals surface area contributed by atoms with E-state index in [9.17, 15) is 9.59 Å². The summed E-state index contributed by atoms with van der Waals surface area (Å²) in [4.78, 5) is 25.7. The van der Waals surface area contributed by atoms with Crippen molar-refractivity contribution in [3.63, 3.8) is 0 Å². The Morgan fingerprint density at radius 2 is 1.96 bits per heavy atom. The number of carbonyl (C=O) groups is 2. The van der Waals surface area contributed by atoms with Crippen LogP contribution in [0.1, 0.15) is 81.3 Å². The maximum atomic E-state index is 12.6. The molecular formula is C24H32O3S. The van der Waals surface area contributed by atoms with Gasteiger partial charge in [-0.3, -0.25) is 4.79 Å². The summed E-state index contributed by atoms with van der Waals surface area (Å²) in [5.41, 5.74) is 0.333. The van der Waals surface area contributed by atoms with Gasteiger partial charge in [0.15, 0.2) is 0 Å². The highest BCUT2D eigenvalue weighted by molar-refractivity contribution is 7.11. The monoisotopic (exact) mass is 400 g/mol. The molecule has 7 atom stereocenters. The largest absolute Gasteiger partial charge is 0.458 e. The molecule has 1 heterocycles. The standard InChI is InChI=1S/C24H32O3S/c1-23-11-9-16(27-22(26)20-4-3-13-28-20)14-15(23)5-6-17-18-7-8-21(25)24(18,2)12-10-19(17)23/h3-4,13,15-19H,5-12,14H2,1-2H3/t15-,16+,17+,18-,19+,23+,24-/m0/s1. The summed E-state index contributed by atoms with van der Waals surface area (Å²) in [5, 5.41) is 1.93. The molecule has 4 heteroatoms. The molecule has 0 aromatic carbocycles. The van der Waals surface area contributed by atoms with Crippen molar-refractivity contribution in [1.29, 1.82) is 0 Å². The summed E-state index contributed by atoms with van der Waals surface area (Å²) < 4.78 is 5.89. The van der Waals surface area contributed by atoms with Crippen molar-refractivity contribution < 1.29 is 14.3 Å². The quantitative estimate of drug-likeness (QED) is 0.582. The van der Waals surface area contributed by atoms with Crippen LogP contribution in [0.3, 0.4) is 0 Å². The first-order chi connectivity index (χ1) is 13.4. The Labute approximate surface area is 172 Å². The number of esters is 1. The van der Waals surface area contributed by atoms with Gasteiger partial charge >= 0.3 is 5.97 Å². The summed E-state index contributed by atoms with van der Waals surface area (Å²) in [6.07, 6.45) is 10.0. The summed E-state index contributed by atoms with van der Waals surface area (Å²) >= 11 is 1.46. The molecule has 0 amide bonds. The van der Waals surface area contributed by atoms with Crippen molar-refractivity contribution in [2.24, 2.45) is 34.5 Å². The van der Waals surface area contributed by atoms with E-state index in [1.54, 1.807) is 0 Å². The van der Waals surface area contributed by atoms with Gasteiger partial charge in [-0.05, 0) is 91.9 Å². The number of fused-ring (bicyclic) bond motifs is 5. The number of ketones is 1. The van der Waals surface area contributed by atoms with Crippen LogP contribution in [0, 0.1) is 34.5 Å². The highest BCUT2D eigenvalue weighted by Gasteiger charge is 2.60. The van der Waals surface area contributed by atoms with Crippen LogP contribution >= 0.6 is 11.3 Å². The predicted molar refractivity (Wildman–Crippen MR) is 110 cm³/mol. The second kappa shape index (κ2) is 6.68. The number of hydrogen-bond acceptors (Lipinski definition) is 4. The molecule has 4 aliphatic carbocycles. The average molecular weight is 401 g/mol. The van der Waals surface area contributed by atoms with Gasteiger partial charge in [-0.1, -0.05) is 19.9 Å². The van der Waals surface area contributed by atoms with Gasteiger partial charge in [0, 0.05) is 11.8 Å². The maximum Gasteiger partial charge on any atom is 0.348 e. The normalized spacial score (nSPS) is 45.1. The minimum atomic E-state index is -0.143. The van der Waals surface area contributed by atoms with Crippen LogP contribution in [0.2, 0.25) is 0 Å². The first kappa shape index (κ1) is 18.8. The van der Waals surface area contributed by atoms with E-state index in [0.29, 0.717) is 23.0 Å². The molecule has 0 radical (unpaired) electrons. The van der Waals surface area contributed by atoms with Gasteiger partial charge in [0.1, 0.15) is 16.8 Å². The highest BCUT2D eigenvalue weighted by atomic mass is 32.1. The minimum absolute atomic E-state index is 0.0300. The Morgan fingerprint density at radius 3 is 2.75 bits per heavy atom. The van der Waals surface area contributed by atoms with Crippen LogP contribution in [0.5, 0.6) is 0 Å². The van der Waals surface area contributed by atoms with Crippen LogP contribution in [0.4, 0.5) is 0 Å². The smallest absolute Gasteiger partial charge is 0.348 e. The molecule has 0 aliphatic heterocycles. The van der Waals surface area contributed by atoms with Crippen molar-refractivity contribution in [2.45, 2.75) is 77.7 Å². The maximum absolute atomic E-state index is 12.6. The van der Waals surface area contributed by atoms with Crippen molar-refractivity contribution >= 4 is 23.1 Å². The van der Waals surface area contributed by atoms with Crippen LogP contribution in [0.15, 0.2) is 17.5 Å². The zero-order valence-electron chi connectivity index (χ0n) is 17.1. The number of rotatable bonds is 2. The summed E-state index contributed by atoms with van der Waals surface area (Å²) in [5.74, 6) is 3.15. The van der Waals surface area contributed by atoms with Gasteiger partial charge in [-0.25, -0.2) is 4.79 Å². The number of carbonyl (C=O) groups excluding carboxylic acids is 2. The van der Waals surface area contributed by atoms with E-state index in [1.165, 1.54) is 37.0 Å². The van der Waals surface area contributed by atoms with Crippen LogP contribution < -0.4 is 0 Å². The fourth-order valence-corrected chi connectivity index (χ4v) is 8.31. The lowest BCUT2D eigenvalue weighted by molar-refractivity contribution is -0.142. The zero-order valence-corrected chi connectivity index (χ0v) is 17.9. The van der Waals surface area contributed by atoms with E-state index in [0.717, 1.165) is 48.8 Å². The Morgan fingerprint density at radius 1 is 1.11 bits per heavy atom. The highest BCUT2D eigenvalue weighted by Crippen LogP contribution is 2.65. The van der Waals surface area contributed by atoms with Crippen LogP contribution in [-0.2, 0) is 9.53 Å². The third kappa shape index (κ3) is 2.74. The molecule has 3 nitrogen and oxygen atoms in total. The molecule has 0 unspecified atom stereocenters. The molecule has 4 fully saturated rings. The summed E-state index contributed by atoms with van der Waals surface area (Å²) in [6, 6.07) is 3.76. The molecule has 0 spiro atoms. The van der Waals surface area contributed by atoms with Crippen molar-refractivity contribution in [1.82, 2.24) is 0 Å². The molecule has 1 aromatic heterocycles. The number of ether oxygens (including phenoxy) is 1. The van der Waals surface area contributed by atoms with Crippen molar-refractivity contribution in [2.75, 3.05) is 0 Å². The first-order valence-corrected chi connectivity index (χ1v) is 12.1. The SMILES string of the molecule is C[C@@]12CC[C@@H](OC(=O)c3cccs3)C[C@@H]1CC[C@H]1[C@H]2CC[C@]2(C)C(=O)CC[C@@H]12. The molecule has 4 saturated carbocycles. The van der Waals surface area contributed by atoms with E-state index >= 15 is 0 Å². The van der Waals surface area contributed by atoms with Gasteiger partial charge in [0.25, 0.3) is 0 Å². The lowest BCUT2D eigenvalue weighted by atomic mass is 9.45. The van der Waals surface area contributed by atoms with Gasteiger partial charge in [-0.2, -0.15) is 0 Å². The molecular weight excluding hydrogens is 368 g/mol. The zero-order chi connectivity index (χ0) is 19.5. The predicted octanol–water partition coefficient (Wildman–Crippen LogP) is 5.89. The Balaban J connectivity index is 1.30. The van der Waals surface area contributed by atoms with Crippen molar-refractivity contribution in [3.8, 4) is 0 Å². The minimum Gasteiger partial charge on any atom is -0.458 e. The van der Waals surface area contributed by atoms with E-state index in [1.807, 2.05) is 17.5 Å². The van der Waals surface area contributed by atoms with Gasteiger partial charge in [0.2, 0.25) is 0 Å². The molecule has 0 N–H and O–H groups in total. The topological polar surface area (TPSA) is 43.4 Å². The first-order valence-electron chi connectivity index (χ1n) is 11.2. The molecule has 152 valence electrons. The molecule has 5 rings (SSSR count). The average Bonchev–Trinajstić information content (AvgIpc) is 3.31. The van der Waals surface area contributed by atoms with Crippen LogP contribution in [0.25, 0.3) is 0 Å². The lowest BCUT2D eigenvalue weighted by Crippen LogP contribution is -2.54. The number of Topliss-reactive ketones (excluding diaryl/α,β-unsaturated/α-hetero) is 1. The number of thiophene rings is 1. The molecule has 0 saturated heterocycles. The van der Waals surface area contributed by atoms with Crippen LogP contribution in [-0.4, -0.2) is 17.9 Å². The molecule has 1 aromatic rings. The lowest BCUT2D eigenvalue weighted by Gasteiger charge is -2.60. The molecule has 4 aliphatic rings. The third-order valence-corrected chi connectivity index (χ3v) is 10.2. The van der Waals surface area contributed by atoms with Gasteiger partial charge < -0.3 is 4.74 Å². The molecule has 0 bridgehead atoms. The summed E-state index contributed by atoms with van der Waals surface area (Å²) in [6.45, 7) is 4.78. The fourth-order valence-electron chi connectivity index (χ4n) is 7.70. The Bertz CT molecular complexity index is 771. The summed E-state index contributed by atoms with van der Waals surface area (Å²) in [7, 11) is 0. The van der Waals surface area contributed by atoms with Gasteiger partial charge in [0.05, 0.1) is 0 Å². The van der Waals surface area contributed by atoms with E-state index in [4.69, 9.17) is 4.74 Å².